The summed E-state index contributed by atoms with van der Waals surface area (Å²) in [5.41, 5.74) is 20.6. The molecule has 3 aliphatic rings. The highest BCUT2D eigenvalue weighted by Gasteiger charge is 2.52. The van der Waals surface area contributed by atoms with Gasteiger partial charge >= 0.3 is 0 Å². The molecule has 1 spiro atoms. The number of thiophene rings is 1. The summed E-state index contributed by atoms with van der Waals surface area (Å²) >= 11 is 1.88. The second-order valence-electron chi connectivity index (χ2n) is 17.2. The molecular weight excluding hydrogens is 793 g/mol. The quantitative estimate of drug-likeness (QED) is 0.115. The van der Waals surface area contributed by atoms with E-state index in [1.165, 1.54) is 92.5 Å². The minimum absolute atomic E-state index is 0.00375. The van der Waals surface area contributed by atoms with Crippen LogP contribution in [0.3, 0.4) is 0 Å². The first-order chi connectivity index (χ1) is 31.7. The van der Waals surface area contributed by atoms with Crippen molar-refractivity contribution in [3.05, 3.63) is 298 Å². The third kappa shape index (κ3) is 5.57. The first kappa shape index (κ1) is 36.9. The summed E-state index contributed by atoms with van der Waals surface area (Å²) in [7, 11) is 0. The van der Waals surface area contributed by atoms with Crippen LogP contribution in [0.2, 0.25) is 0 Å². The molecule has 0 radical (unpaired) electrons. The minimum Gasteiger partial charge on any atom is -0.456 e. The van der Waals surface area contributed by atoms with Gasteiger partial charge in [-0.05, 0) is 97.1 Å². The van der Waals surface area contributed by atoms with E-state index >= 15 is 0 Å². The van der Waals surface area contributed by atoms with Crippen molar-refractivity contribution < 1.29 is 4.74 Å². The molecule has 0 bridgehead atoms. The number of para-hydroxylation sites is 1. The maximum Gasteiger partial charge on any atom is 0.140 e. The highest BCUT2D eigenvalue weighted by Crippen LogP contribution is 2.62. The van der Waals surface area contributed by atoms with E-state index in [1.807, 2.05) is 17.4 Å². The van der Waals surface area contributed by atoms with Gasteiger partial charge in [0, 0.05) is 49.2 Å². The van der Waals surface area contributed by atoms with Crippen molar-refractivity contribution in [2.45, 2.75) is 17.3 Å². The van der Waals surface area contributed by atoms with Crippen LogP contribution in [0, 0.1) is 0 Å². The smallest absolute Gasteiger partial charge is 0.140 e. The Hall–Kier alpha value is -7.74. The Bertz CT molecular complexity index is 3510. The Balaban J connectivity index is 0.909. The lowest BCUT2D eigenvalue weighted by atomic mass is 9.65. The van der Waals surface area contributed by atoms with Gasteiger partial charge in [0.2, 0.25) is 0 Å². The molecular formula is C62H40OS. The number of ether oxygens (including phenoxy) is 1. The highest BCUT2D eigenvalue weighted by molar-refractivity contribution is 7.25. The van der Waals surface area contributed by atoms with E-state index in [-0.39, 0.29) is 11.8 Å². The lowest BCUT2D eigenvalue weighted by Gasteiger charge is -2.38. The number of hydrogen-bond donors (Lipinski definition) is 0. The maximum absolute atomic E-state index is 6.55. The maximum atomic E-state index is 6.55. The fraction of sp³-hybridized carbons (Fsp3) is 0.0484. The van der Waals surface area contributed by atoms with Crippen molar-refractivity contribution in [2.75, 3.05) is 0 Å². The van der Waals surface area contributed by atoms with E-state index in [0.717, 1.165) is 17.1 Å². The molecule has 2 unspecified atom stereocenters. The number of allylic oxidation sites excluding steroid dienone is 2. The third-order valence-corrected chi connectivity index (χ3v) is 15.0. The van der Waals surface area contributed by atoms with Crippen molar-refractivity contribution in [3.63, 3.8) is 0 Å². The summed E-state index contributed by atoms with van der Waals surface area (Å²) in [6.07, 6.45) is 4.13. The fourth-order valence-electron chi connectivity index (χ4n) is 11.1. The van der Waals surface area contributed by atoms with Crippen molar-refractivity contribution in [2.24, 2.45) is 0 Å². The van der Waals surface area contributed by atoms with Crippen LogP contribution < -0.4 is 4.74 Å². The number of hydrogen-bond acceptors (Lipinski definition) is 2. The molecule has 300 valence electrons. The second kappa shape index (κ2) is 14.7. The van der Waals surface area contributed by atoms with Gasteiger partial charge in [0.1, 0.15) is 11.5 Å². The highest BCUT2D eigenvalue weighted by atomic mass is 32.1. The Labute approximate surface area is 377 Å². The van der Waals surface area contributed by atoms with Crippen LogP contribution in [0.4, 0.5) is 0 Å². The molecule has 2 atom stereocenters. The molecule has 1 nitrogen and oxygen atoms in total. The zero-order chi connectivity index (χ0) is 42.2. The average molecular weight is 833 g/mol. The van der Waals surface area contributed by atoms with Crippen LogP contribution >= 0.6 is 11.3 Å². The van der Waals surface area contributed by atoms with Gasteiger partial charge in [-0.2, -0.15) is 0 Å². The summed E-state index contributed by atoms with van der Waals surface area (Å²) in [5, 5.41) is 2.62. The molecule has 0 saturated heterocycles. The standard InChI is InChI=1S/C62H40OS/c1-4-16-41(17-5-1)59(42-18-6-2-7-19-42)46-35-37-57-50(38-46)47-36-34-45(39-58(47)64-57)40-30-32-44(33-31-40)60(43-20-8-3-9-21-43)49-23-14-27-54-61(49)48-22-10-11-24-51(48)62(54)52-25-12-13-28-55(52)63-56-29-15-26-53(56)62/h1-14,16-39,59-60H. The summed E-state index contributed by atoms with van der Waals surface area (Å²) in [5.74, 6) is 1.94. The lowest BCUT2D eigenvalue weighted by Crippen LogP contribution is -2.33. The predicted octanol–water partition coefficient (Wildman–Crippen LogP) is 15.8. The molecule has 10 aromatic rings. The van der Waals surface area contributed by atoms with Crippen LogP contribution in [-0.2, 0) is 5.41 Å². The van der Waals surface area contributed by atoms with Gasteiger partial charge < -0.3 is 4.74 Å². The molecule has 1 aliphatic heterocycles. The van der Waals surface area contributed by atoms with Gasteiger partial charge in [-0.15, -0.1) is 17.1 Å². The van der Waals surface area contributed by atoms with E-state index in [1.54, 1.807) is 0 Å². The average Bonchev–Trinajstić information content (AvgIpc) is 4.07. The van der Waals surface area contributed by atoms with E-state index < -0.39 is 5.41 Å². The predicted molar refractivity (Wildman–Crippen MR) is 264 cm³/mol. The van der Waals surface area contributed by atoms with E-state index in [2.05, 4.69) is 230 Å². The largest absolute Gasteiger partial charge is 0.456 e. The molecule has 2 aliphatic carbocycles. The number of fused-ring (bicyclic) bond motifs is 11. The molecule has 0 amide bonds. The minimum atomic E-state index is -0.518. The SMILES string of the molecule is C1=CC2=C(C=1)C1(c3ccccc3O2)c2ccccc2-c2c(C(c3ccccc3)c3ccc(-c4ccc5c(c4)sc4ccc(C(c6ccccc6)c6ccccc6)cc45)cc3)cccc21. The summed E-state index contributed by atoms with van der Waals surface area (Å²) in [6.45, 7) is 0. The fourth-order valence-corrected chi connectivity index (χ4v) is 12.2. The molecule has 0 fully saturated rings. The molecule has 2 heteroatoms. The Morgan fingerprint density at radius 1 is 0.422 bits per heavy atom. The van der Waals surface area contributed by atoms with Crippen molar-refractivity contribution in [3.8, 4) is 28.0 Å². The molecule has 1 aromatic heterocycles. The Morgan fingerprint density at radius 2 is 1.03 bits per heavy atom. The first-order valence-electron chi connectivity index (χ1n) is 22.1. The van der Waals surface area contributed by atoms with Gasteiger partial charge in [0.25, 0.3) is 0 Å². The molecule has 9 aromatic carbocycles. The number of benzene rings is 9. The summed E-state index contributed by atoms with van der Waals surface area (Å²) in [4.78, 5) is 0. The second-order valence-corrected chi connectivity index (χ2v) is 18.3. The summed E-state index contributed by atoms with van der Waals surface area (Å²) in [6, 6.07) is 80.8. The van der Waals surface area contributed by atoms with Crippen molar-refractivity contribution in [1.82, 2.24) is 0 Å². The van der Waals surface area contributed by atoms with E-state index in [9.17, 15) is 0 Å². The van der Waals surface area contributed by atoms with E-state index in [0.29, 0.717) is 0 Å². The monoisotopic (exact) mass is 832 g/mol. The lowest BCUT2D eigenvalue weighted by molar-refractivity contribution is 0.405. The van der Waals surface area contributed by atoms with Crippen molar-refractivity contribution in [1.29, 1.82) is 0 Å². The van der Waals surface area contributed by atoms with Crippen LogP contribution in [0.25, 0.3) is 42.4 Å². The van der Waals surface area contributed by atoms with Gasteiger partial charge in [-0.1, -0.05) is 194 Å². The topological polar surface area (TPSA) is 9.23 Å². The van der Waals surface area contributed by atoms with Crippen LogP contribution in [0.5, 0.6) is 5.75 Å². The Morgan fingerprint density at radius 3 is 1.78 bits per heavy atom. The zero-order valence-corrected chi connectivity index (χ0v) is 35.7. The van der Waals surface area contributed by atoms with E-state index in [4.69, 9.17) is 4.74 Å². The first-order valence-corrected chi connectivity index (χ1v) is 22.9. The van der Waals surface area contributed by atoms with Crippen molar-refractivity contribution >= 4 is 31.5 Å². The van der Waals surface area contributed by atoms with Gasteiger partial charge in [0.05, 0.1) is 5.41 Å². The number of rotatable bonds is 7. The molecule has 0 saturated carbocycles. The normalized spacial score (nSPS) is 16.0. The third-order valence-electron chi connectivity index (χ3n) is 13.8. The molecule has 2 heterocycles. The molecule has 0 N–H and O–H groups in total. The van der Waals surface area contributed by atoms with Gasteiger partial charge in [-0.3, -0.25) is 0 Å². The Kier molecular flexibility index (Phi) is 8.46. The molecule has 13 rings (SSSR count). The summed E-state index contributed by atoms with van der Waals surface area (Å²) < 4.78 is 9.17. The van der Waals surface area contributed by atoms with Crippen LogP contribution in [-0.4, -0.2) is 0 Å². The van der Waals surface area contributed by atoms with Gasteiger partial charge in [-0.25, -0.2) is 0 Å². The molecule has 64 heavy (non-hydrogen) atoms. The van der Waals surface area contributed by atoms with Crippen LogP contribution in [0.15, 0.2) is 248 Å². The van der Waals surface area contributed by atoms with Crippen LogP contribution in [0.1, 0.15) is 61.9 Å². The van der Waals surface area contributed by atoms with Gasteiger partial charge in [0.15, 0.2) is 0 Å². The zero-order valence-electron chi connectivity index (χ0n) is 34.9.